The summed E-state index contributed by atoms with van der Waals surface area (Å²) in [5, 5.41) is 0. The lowest BCUT2D eigenvalue weighted by atomic mass is 9.82. The Morgan fingerprint density at radius 2 is 2.00 bits per heavy atom. The number of allylic oxidation sites excluding steroid dienone is 2. The van der Waals surface area contributed by atoms with E-state index in [1.54, 1.807) is 0 Å². The van der Waals surface area contributed by atoms with E-state index >= 15 is 0 Å². The van der Waals surface area contributed by atoms with E-state index in [-0.39, 0.29) is 17.3 Å². The molecule has 0 aliphatic rings. The van der Waals surface area contributed by atoms with E-state index in [9.17, 15) is 4.79 Å². The maximum Gasteiger partial charge on any atom is 0.308 e. The summed E-state index contributed by atoms with van der Waals surface area (Å²) in [6.45, 7) is 9.92. The fourth-order valence-electron chi connectivity index (χ4n) is 1.67. The van der Waals surface area contributed by atoms with Gasteiger partial charge in [-0.15, -0.1) is 6.58 Å². The Labute approximate surface area is 115 Å². The Balaban J connectivity index is 2.67. The van der Waals surface area contributed by atoms with Crippen molar-refractivity contribution in [1.82, 2.24) is 0 Å². The summed E-state index contributed by atoms with van der Waals surface area (Å²) in [6.07, 6.45) is 5.78. The highest BCUT2D eigenvalue weighted by Gasteiger charge is 2.18. The minimum absolute atomic E-state index is 0.0895. The van der Waals surface area contributed by atoms with Gasteiger partial charge in [0.15, 0.2) is 0 Å². The summed E-state index contributed by atoms with van der Waals surface area (Å²) in [6, 6.07) is 10.1. The lowest BCUT2D eigenvalue weighted by Gasteiger charge is -2.22. The first-order valence-corrected chi connectivity index (χ1v) is 6.53. The third-order valence-corrected chi connectivity index (χ3v) is 3.08. The van der Waals surface area contributed by atoms with Crippen LogP contribution in [0.2, 0.25) is 0 Å². The average Bonchev–Trinajstić information content (AvgIpc) is 2.43. The Morgan fingerprint density at radius 1 is 1.37 bits per heavy atom. The van der Waals surface area contributed by atoms with Crippen molar-refractivity contribution in [3.63, 3.8) is 0 Å². The molecule has 0 spiro atoms. The van der Waals surface area contributed by atoms with E-state index in [2.05, 4.69) is 25.6 Å². The van der Waals surface area contributed by atoms with Crippen molar-refractivity contribution in [3.05, 3.63) is 60.7 Å². The smallest absolute Gasteiger partial charge is 0.308 e. The maximum absolute atomic E-state index is 11.3. The van der Waals surface area contributed by atoms with Crippen LogP contribution in [-0.2, 0) is 14.9 Å². The van der Waals surface area contributed by atoms with E-state index < -0.39 is 0 Å². The van der Waals surface area contributed by atoms with Crippen LogP contribution in [0, 0.1) is 5.92 Å². The minimum Gasteiger partial charge on any atom is -0.461 e. The number of ether oxygens (including phenoxy) is 1. The summed E-state index contributed by atoms with van der Waals surface area (Å²) in [5.74, 6) is -0.266. The monoisotopic (exact) mass is 258 g/mol. The van der Waals surface area contributed by atoms with Crippen LogP contribution in [0.1, 0.15) is 26.3 Å². The van der Waals surface area contributed by atoms with Gasteiger partial charge in [-0.2, -0.15) is 0 Å². The van der Waals surface area contributed by atoms with Gasteiger partial charge in [-0.05, 0) is 12.5 Å². The Morgan fingerprint density at radius 3 is 2.53 bits per heavy atom. The fraction of sp³-hybridized carbons (Fsp3) is 0.353. The first-order chi connectivity index (χ1) is 8.99. The average molecular weight is 258 g/mol. The van der Waals surface area contributed by atoms with Gasteiger partial charge < -0.3 is 4.74 Å². The molecule has 102 valence electrons. The quantitative estimate of drug-likeness (QED) is 0.571. The van der Waals surface area contributed by atoms with Crippen LogP contribution in [0.3, 0.4) is 0 Å². The van der Waals surface area contributed by atoms with Crippen molar-refractivity contribution in [2.24, 2.45) is 5.92 Å². The third-order valence-electron chi connectivity index (χ3n) is 3.08. The third kappa shape index (κ3) is 4.40. The number of rotatable bonds is 6. The molecule has 2 nitrogen and oxygen atoms in total. The molecule has 0 aliphatic carbocycles. The molecule has 1 rings (SSSR count). The first-order valence-electron chi connectivity index (χ1n) is 6.53. The normalized spacial score (nSPS) is 14.3. The van der Waals surface area contributed by atoms with Crippen LogP contribution in [0.15, 0.2) is 55.1 Å². The molecule has 0 aliphatic heterocycles. The molecule has 1 atom stereocenters. The predicted molar refractivity (Wildman–Crippen MR) is 78.9 cm³/mol. The van der Waals surface area contributed by atoms with Crippen molar-refractivity contribution in [2.45, 2.75) is 26.2 Å². The molecule has 0 fully saturated rings. The van der Waals surface area contributed by atoms with Gasteiger partial charge in [0.25, 0.3) is 0 Å². The van der Waals surface area contributed by atoms with E-state index in [1.165, 1.54) is 0 Å². The van der Waals surface area contributed by atoms with Crippen LogP contribution >= 0.6 is 0 Å². The highest BCUT2D eigenvalue weighted by Crippen LogP contribution is 2.26. The lowest BCUT2D eigenvalue weighted by Crippen LogP contribution is -2.16. The van der Waals surface area contributed by atoms with Gasteiger partial charge in [-0.25, -0.2) is 0 Å². The Hall–Kier alpha value is -1.83. The molecule has 0 amide bonds. The van der Waals surface area contributed by atoms with Crippen molar-refractivity contribution in [1.29, 1.82) is 0 Å². The van der Waals surface area contributed by atoms with Crippen LogP contribution in [-0.4, -0.2) is 12.6 Å². The number of carbonyl (C=O) groups excluding carboxylic acids is 1. The SMILES string of the molecule is C=C[C@](C)(/C=C/COC(=O)C(C)C)c1ccccc1. The number of hydrogen-bond acceptors (Lipinski definition) is 2. The van der Waals surface area contributed by atoms with Crippen molar-refractivity contribution in [2.75, 3.05) is 6.61 Å². The molecule has 0 unspecified atom stereocenters. The molecule has 1 aromatic carbocycles. The topological polar surface area (TPSA) is 26.3 Å². The summed E-state index contributed by atoms with van der Waals surface area (Å²) in [4.78, 5) is 11.3. The van der Waals surface area contributed by atoms with Gasteiger partial charge in [0.05, 0.1) is 5.92 Å². The minimum atomic E-state index is -0.245. The van der Waals surface area contributed by atoms with Gasteiger partial charge in [0.2, 0.25) is 0 Å². The van der Waals surface area contributed by atoms with Crippen LogP contribution in [0.4, 0.5) is 0 Å². The van der Waals surface area contributed by atoms with Gasteiger partial charge >= 0.3 is 5.97 Å². The van der Waals surface area contributed by atoms with Crippen LogP contribution in [0.5, 0.6) is 0 Å². The molecule has 0 heterocycles. The van der Waals surface area contributed by atoms with E-state index in [0.29, 0.717) is 6.61 Å². The number of benzene rings is 1. The molecule has 1 aromatic rings. The molecule has 19 heavy (non-hydrogen) atoms. The molecule has 2 heteroatoms. The molecule has 0 bridgehead atoms. The second kappa shape index (κ2) is 6.93. The number of carbonyl (C=O) groups is 1. The summed E-state index contributed by atoms with van der Waals surface area (Å²) < 4.78 is 5.12. The molecular weight excluding hydrogens is 236 g/mol. The van der Waals surface area contributed by atoms with Gasteiger partial charge in [0.1, 0.15) is 6.61 Å². The highest BCUT2D eigenvalue weighted by atomic mass is 16.5. The highest BCUT2D eigenvalue weighted by molar-refractivity contribution is 5.71. The zero-order valence-electron chi connectivity index (χ0n) is 11.9. The molecule has 0 saturated carbocycles. The van der Waals surface area contributed by atoms with Crippen molar-refractivity contribution >= 4 is 5.97 Å². The zero-order chi connectivity index (χ0) is 14.3. The first kappa shape index (κ1) is 15.2. The maximum atomic E-state index is 11.3. The fourth-order valence-corrected chi connectivity index (χ4v) is 1.67. The second-order valence-corrected chi connectivity index (χ2v) is 5.04. The van der Waals surface area contributed by atoms with Crippen LogP contribution < -0.4 is 0 Å². The van der Waals surface area contributed by atoms with Gasteiger partial charge in [-0.3, -0.25) is 4.79 Å². The van der Waals surface area contributed by atoms with Gasteiger partial charge in [-0.1, -0.05) is 62.4 Å². The molecule has 0 N–H and O–H groups in total. The largest absolute Gasteiger partial charge is 0.461 e. The summed E-state index contributed by atoms with van der Waals surface area (Å²) in [7, 11) is 0. The number of esters is 1. The molecule has 0 aromatic heterocycles. The van der Waals surface area contributed by atoms with Crippen molar-refractivity contribution < 1.29 is 9.53 Å². The summed E-state index contributed by atoms with van der Waals surface area (Å²) in [5.41, 5.74) is 0.919. The standard InChI is InChI=1S/C17H22O2/c1-5-17(4,15-10-7-6-8-11-15)12-9-13-19-16(18)14(2)3/h5-12,14H,1,13H2,2-4H3/b12-9+/t17-/m1/s1. The second-order valence-electron chi connectivity index (χ2n) is 5.04. The van der Waals surface area contributed by atoms with Crippen LogP contribution in [0.25, 0.3) is 0 Å². The van der Waals surface area contributed by atoms with Crippen molar-refractivity contribution in [3.8, 4) is 0 Å². The molecular formula is C17H22O2. The van der Waals surface area contributed by atoms with Gasteiger partial charge in [0, 0.05) is 5.41 Å². The lowest BCUT2D eigenvalue weighted by molar-refractivity contribution is -0.146. The van der Waals surface area contributed by atoms with E-state index in [1.807, 2.05) is 50.3 Å². The summed E-state index contributed by atoms with van der Waals surface area (Å²) >= 11 is 0. The zero-order valence-corrected chi connectivity index (χ0v) is 11.9. The van der Waals surface area contributed by atoms with E-state index in [4.69, 9.17) is 4.74 Å². The molecule has 0 saturated heterocycles. The number of hydrogen-bond donors (Lipinski definition) is 0. The Kier molecular flexibility index (Phi) is 5.56. The molecule has 0 radical (unpaired) electrons. The Bertz CT molecular complexity index is 446. The predicted octanol–water partition coefficient (Wildman–Crippen LogP) is 3.89. The van der Waals surface area contributed by atoms with E-state index in [0.717, 1.165) is 5.56 Å².